The number of aryl methyl sites for hydroxylation is 2. The van der Waals surface area contributed by atoms with Gasteiger partial charge in [-0.3, -0.25) is 4.79 Å². The fraction of sp³-hybridized carbons (Fsp3) is 0.333. The topological polar surface area (TPSA) is 56.0 Å². The first kappa shape index (κ1) is 18.9. The third kappa shape index (κ3) is 3.63. The SMILES string of the molecule is Nc1c(C(=O)Cc2cccc(C(F)(F)F)c2)sc2nc3c(cc12)CCCCC3. The van der Waals surface area contributed by atoms with Crippen LogP contribution >= 0.6 is 11.3 Å². The number of nitrogens with zero attached hydrogens (tertiary/aromatic N) is 1. The van der Waals surface area contributed by atoms with Crippen molar-refractivity contribution < 1.29 is 18.0 Å². The standard InChI is InChI=1S/C21H19F3N2OS/c22-21(23,24)14-7-4-5-12(9-14)10-17(27)19-18(25)15-11-13-6-2-1-3-8-16(13)26-20(15)28-19/h4-5,7,9,11H,1-3,6,8,10,25H2. The number of carbonyl (C=O) groups excluding carboxylic acids is 1. The molecule has 1 aromatic carbocycles. The molecule has 3 aromatic rings. The lowest BCUT2D eigenvalue weighted by atomic mass is 10.0. The average Bonchev–Trinajstić information content (AvgIpc) is 2.82. The Hall–Kier alpha value is -2.41. The van der Waals surface area contributed by atoms with Crippen molar-refractivity contribution in [3.63, 3.8) is 0 Å². The molecule has 1 aliphatic rings. The zero-order chi connectivity index (χ0) is 19.9. The minimum Gasteiger partial charge on any atom is -0.397 e. The zero-order valence-corrected chi connectivity index (χ0v) is 15.9. The number of pyridine rings is 1. The summed E-state index contributed by atoms with van der Waals surface area (Å²) >= 11 is 1.23. The molecule has 7 heteroatoms. The van der Waals surface area contributed by atoms with E-state index in [0.717, 1.165) is 53.7 Å². The number of rotatable bonds is 3. The Kier molecular flexibility index (Phi) is 4.87. The molecule has 1 aliphatic carbocycles. The summed E-state index contributed by atoms with van der Waals surface area (Å²) in [5, 5.41) is 0.776. The number of halogens is 3. The van der Waals surface area contributed by atoms with Gasteiger partial charge in [-0.1, -0.05) is 24.6 Å². The quantitative estimate of drug-likeness (QED) is 0.457. The van der Waals surface area contributed by atoms with Gasteiger partial charge in [0.05, 0.1) is 16.1 Å². The van der Waals surface area contributed by atoms with Crippen molar-refractivity contribution in [2.45, 2.75) is 44.7 Å². The number of hydrogen-bond acceptors (Lipinski definition) is 4. The van der Waals surface area contributed by atoms with Crippen molar-refractivity contribution in [1.82, 2.24) is 4.98 Å². The van der Waals surface area contributed by atoms with Crippen LogP contribution in [-0.2, 0) is 25.4 Å². The number of fused-ring (bicyclic) bond motifs is 2. The van der Waals surface area contributed by atoms with Crippen LogP contribution in [0.25, 0.3) is 10.2 Å². The number of anilines is 1. The summed E-state index contributed by atoms with van der Waals surface area (Å²) in [5.74, 6) is -0.282. The summed E-state index contributed by atoms with van der Waals surface area (Å²) in [6.07, 6.45) is 0.731. The van der Waals surface area contributed by atoms with E-state index in [-0.39, 0.29) is 12.2 Å². The molecule has 0 bridgehead atoms. The van der Waals surface area contributed by atoms with E-state index in [1.807, 2.05) is 6.07 Å². The Morgan fingerprint density at radius 1 is 1.14 bits per heavy atom. The predicted octanol–water partition coefficient (Wildman–Crippen LogP) is 5.59. The summed E-state index contributed by atoms with van der Waals surface area (Å²) in [7, 11) is 0. The van der Waals surface area contributed by atoms with Crippen molar-refractivity contribution in [2.24, 2.45) is 0 Å². The second kappa shape index (κ2) is 7.20. The molecule has 0 unspecified atom stereocenters. The van der Waals surface area contributed by atoms with Gasteiger partial charge in [0.15, 0.2) is 5.78 Å². The number of aromatic nitrogens is 1. The van der Waals surface area contributed by atoms with E-state index in [1.165, 1.54) is 35.5 Å². The van der Waals surface area contributed by atoms with Gasteiger partial charge < -0.3 is 5.73 Å². The predicted molar refractivity (Wildman–Crippen MR) is 105 cm³/mol. The molecule has 4 rings (SSSR count). The van der Waals surface area contributed by atoms with E-state index in [2.05, 4.69) is 0 Å². The molecule has 0 amide bonds. The summed E-state index contributed by atoms with van der Waals surface area (Å²) in [4.78, 5) is 18.6. The van der Waals surface area contributed by atoms with Crippen LogP contribution in [0.5, 0.6) is 0 Å². The van der Waals surface area contributed by atoms with Gasteiger partial charge in [-0.05, 0) is 48.9 Å². The van der Waals surface area contributed by atoms with Crippen LogP contribution in [0.1, 0.15) is 51.3 Å². The van der Waals surface area contributed by atoms with Gasteiger partial charge in [0.1, 0.15) is 4.83 Å². The minimum atomic E-state index is -4.43. The molecule has 3 nitrogen and oxygen atoms in total. The molecule has 0 saturated heterocycles. The molecule has 2 aromatic heterocycles. The molecule has 0 aliphatic heterocycles. The highest BCUT2D eigenvalue weighted by atomic mass is 32.1. The van der Waals surface area contributed by atoms with Gasteiger partial charge >= 0.3 is 6.18 Å². The van der Waals surface area contributed by atoms with Crippen molar-refractivity contribution in [3.05, 3.63) is 57.6 Å². The lowest BCUT2D eigenvalue weighted by molar-refractivity contribution is -0.137. The van der Waals surface area contributed by atoms with E-state index in [9.17, 15) is 18.0 Å². The van der Waals surface area contributed by atoms with Crippen molar-refractivity contribution in [2.75, 3.05) is 5.73 Å². The number of alkyl halides is 3. The van der Waals surface area contributed by atoms with Gasteiger partial charge in [-0.25, -0.2) is 4.98 Å². The maximum Gasteiger partial charge on any atom is 0.416 e. The molecule has 0 atom stereocenters. The van der Waals surface area contributed by atoms with Crippen molar-refractivity contribution in [1.29, 1.82) is 0 Å². The van der Waals surface area contributed by atoms with Crippen LogP contribution in [0.2, 0.25) is 0 Å². The molecule has 0 saturated carbocycles. The Morgan fingerprint density at radius 2 is 1.93 bits per heavy atom. The van der Waals surface area contributed by atoms with E-state index in [0.29, 0.717) is 16.1 Å². The first-order chi connectivity index (χ1) is 13.3. The smallest absolute Gasteiger partial charge is 0.397 e. The minimum absolute atomic E-state index is 0.124. The number of ketones is 1. The second-order valence-corrected chi connectivity index (χ2v) is 8.15. The largest absolute Gasteiger partial charge is 0.416 e. The summed E-state index contributed by atoms with van der Waals surface area (Å²) in [6.45, 7) is 0. The van der Waals surface area contributed by atoms with E-state index in [1.54, 1.807) is 0 Å². The maximum absolute atomic E-state index is 12.9. The van der Waals surface area contributed by atoms with Crippen LogP contribution in [0.3, 0.4) is 0 Å². The highest BCUT2D eigenvalue weighted by molar-refractivity contribution is 7.21. The molecular formula is C21H19F3N2OS. The summed E-state index contributed by atoms with van der Waals surface area (Å²) in [5.41, 5.74) is 8.44. The highest BCUT2D eigenvalue weighted by Gasteiger charge is 2.30. The van der Waals surface area contributed by atoms with Crippen LogP contribution in [0.4, 0.5) is 18.9 Å². The Labute approximate surface area is 164 Å². The molecule has 2 heterocycles. The van der Waals surface area contributed by atoms with Gasteiger partial charge in [-0.15, -0.1) is 11.3 Å². The fourth-order valence-electron chi connectivity index (χ4n) is 3.67. The lowest BCUT2D eigenvalue weighted by Crippen LogP contribution is -2.08. The molecular weight excluding hydrogens is 385 g/mol. The second-order valence-electron chi connectivity index (χ2n) is 7.15. The van der Waals surface area contributed by atoms with Gasteiger partial charge in [0, 0.05) is 17.5 Å². The number of thiophene rings is 1. The Morgan fingerprint density at radius 3 is 2.71 bits per heavy atom. The van der Waals surface area contributed by atoms with Gasteiger partial charge in [-0.2, -0.15) is 13.2 Å². The molecule has 2 N–H and O–H groups in total. The Bertz CT molecular complexity index is 1060. The summed E-state index contributed by atoms with van der Waals surface area (Å²) in [6, 6.07) is 6.89. The lowest BCUT2D eigenvalue weighted by Gasteiger charge is -2.08. The fourth-order valence-corrected chi connectivity index (χ4v) is 4.70. The van der Waals surface area contributed by atoms with Crippen LogP contribution in [0.15, 0.2) is 30.3 Å². The van der Waals surface area contributed by atoms with Gasteiger partial charge in [0.25, 0.3) is 0 Å². The van der Waals surface area contributed by atoms with E-state index in [4.69, 9.17) is 10.7 Å². The van der Waals surface area contributed by atoms with Crippen LogP contribution in [0, 0.1) is 0 Å². The van der Waals surface area contributed by atoms with Crippen LogP contribution < -0.4 is 5.73 Å². The number of hydrogen-bond donors (Lipinski definition) is 1. The summed E-state index contributed by atoms with van der Waals surface area (Å²) < 4.78 is 38.7. The zero-order valence-electron chi connectivity index (χ0n) is 15.1. The first-order valence-corrected chi connectivity index (χ1v) is 10.0. The maximum atomic E-state index is 12.9. The molecule has 28 heavy (non-hydrogen) atoms. The monoisotopic (exact) mass is 404 g/mol. The third-order valence-corrected chi connectivity index (χ3v) is 6.28. The number of benzene rings is 1. The first-order valence-electron chi connectivity index (χ1n) is 9.23. The van der Waals surface area contributed by atoms with Crippen molar-refractivity contribution >= 4 is 33.0 Å². The Balaban J connectivity index is 1.65. The number of carbonyl (C=O) groups is 1. The number of nitrogens with two attached hydrogens (primary N) is 1. The number of Topliss-reactive ketones (excluding diaryl/α,β-unsaturated/α-hetero) is 1. The average molecular weight is 404 g/mol. The van der Waals surface area contributed by atoms with Gasteiger partial charge in [0.2, 0.25) is 0 Å². The molecule has 0 spiro atoms. The van der Waals surface area contributed by atoms with Crippen LogP contribution in [-0.4, -0.2) is 10.8 Å². The van der Waals surface area contributed by atoms with Crippen molar-refractivity contribution in [3.8, 4) is 0 Å². The molecule has 146 valence electrons. The normalized spacial score (nSPS) is 14.7. The molecule has 0 radical (unpaired) electrons. The molecule has 0 fully saturated rings. The van der Waals surface area contributed by atoms with E-state index >= 15 is 0 Å². The van der Waals surface area contributed by atoms with E-state index < -0.39 is 11.7 Å². The third-order valence-electron chi connectivity index (χ3n) is 5.12. The number of nitrogen functional groups attached to an aromatic ring is 1. The highest BCUT2D eigenvalue weighted by Crippen LogP contribution is 2.36.